The van der Waals surface area contributed by atoms with Gasteiger partial charge in [-0.05, 0) is 25.0 Å². The molecule has 2 fully saturated rings. The molecule has 1 N–H and O–H groups in total. The van der Waals surface area contributed by atoms with E-state index in [9.17, 15) is 18.0 Å². The van der Waals surface area contributed by atoms with Crippen LogP contribution in [0, 0.1) is 5.41 Å². The lowest BCUT2D eigenvalue weighted by atomic mass is 9.63. The highest BCUT2D eigenvalue weighted by Crippen LogP contribution is 2.46. The summed E-state index contributed by atoms with van der Waals surface area (Å²) in [5.41, 5.74) is 0.621. The number of hydrogen-bond donors (Lipinski definition) is 1. The van der Waals surface area contributed by atoms with Crippen molar-refractivity contribution in [3.05, 3.63) is 24.3 Å². The van der Waals surface area contributed by atoms with Crippen LogP contribution in [0.15, 0.2) is 24.3 Å². The number of rotatable bonds is 3. The van der Waals surface area contributed by atoms with Crippen LogP contribution < -0.4 is 14.8 Å². The number of carbonyl (C=O) groups excluding carboxylic acids is 1. The van der Waals surface area contributed by atoms with E-state index in [1.807, 2.05) is 0 Å². The Hall–Kier alpha value is -2.42. The van der Waals surface area contributed by atoms with Gasteiger partial charge in [-0.1, -0.05) is 12.1 Å². The predicted octanol–water partition coefficient (Wildman–Crippen LogP) is 2.23. The van der Waals surface area contributed by atoms with E-state index in [1.165, 1.54) is 0 Å². The smallest absolute Gasteiger partial charge is 0.474 e. The lowest BCUT2D eigenvalue weighted by Crippen LogP contribution is -2.62. The van der Waals surface area contributed by atoms with Gasteiger partial charge in [0.1, 0.15) is 6.10 Å². The van der Waals surface area contributed by atoms with Gasteiger partial charge in [-0.25, -0.2) is 4.79 Å². The predicted molar refractivity (Wildman–Crippen MR) is 80.2 cm³/mol. The van der Waals surface area contributed by atoms with Gasteiger partial charge in [-0.3, -0.25) is 0 Å². The monoisotopic (exact) mass is 353 g/mol. The molecular formula is C16H14F3N3O3. The van der Waals surface area contributed by atoms with Crippen molar-refractivity contribution in [2.24, 2.45) is 5.41 Å². The first-order valence-electron chi connectivity index (χ1n) is 7.78. The number of ether oxygens (including phenoxy) is 2. The number of halogens is 3. The number of benzene rings is 1. The molecule has 25 heavy (non-hydrogen) atoms. The minimum atomic E-state index is -5.12. The largest absolute Gasteiger partial charge is 0.491 e. The van der Waals surface area contributed by atoms with Crippen molar-refractivity contribution in [3.63, 3.8) is 0 Å². The van der Waals surface area contributed by atoms with Gasteiger partial charge < -0.3 is 14.8 Å². The van der Waals surface area contributed by atoms with Gasteiger partial charge in [-0.15, -0.1) is 0 Å². The second kappa shape index (κ2) is 5.55. The van der Waals surface area contributed by atoms with E-state index in [1.54, 1.807) is 24.3 Å². The number of aromatic nitrogens is 2. The van der Waals surface area contributed by atoms with Gasteiger partial charge in [0.15, 0.2) is 0 Å². The molecule has 1 aromatic carbocycles. The molecule has 2 aliphatic rings. The van der Waals surface area contributed by atoms with E-state index in [0.717, 1.165) is 25.9 Å². The number of nitrogens with zero attached hydrogens (tertiary/aromatic N) is 2. The Kier molecular flexibility index (Phi) is 3.57. The van der Waals surface area contributed by atoms with E-state index < -0.39 is 18.2 Å². The summed E-state index contributed by atoms with van der Waals surface area (Å²) in [7, 11) is 0. The molecule has 1 saturated carbocycles. The van der Waals surface area contributed by atoms with E-state index in [-0.39, 0.29) is 17.4 Å². The summed E-state index contributed by atoms with van der Waals surface area (Å²) in [5, 5.41) is 3.77. The first-order chi connectivity index (χ1) is 11.8. The zero-order valence-electron chi connectivity index (χ0n) is 13.0. The summed E-state index contributed by atoms with van der Waals surface area (Å²) in [6.45, 7) is 1.90. The number of hydrogen-bond acceptors (Lipinski definition) is 6. The highest BCUT2D eigenvalue weighted by Gasteiger charge is 2.50. The van der Waals surface area contributed by atoms with Crippen LogP contribution in [0.5, 0.6) is 11.9 Å². The number of alkyl halides is 3. The standard InChI is InChI=1S/C16H14F3N3O3/c17-16(18,19)13(23)25-14-21-11-4-2-1-3-10(11)12(22-14)24-9-5-15(6-9)7-20-8-15/h1-4,9,20H,5-8H2. The molecule has 132 valence electrons. The maximum Gasteiger partial charge on any atom is 0.491 e. The topological polar surface area (TPSA) is 73.3 Å². The molecule has 0 atom stereocenters. The summed E-state index contributed by atoms with van der Waals surface area (Å²) in [5.74, 6) is -2.24. The summed E-state index contributed by atoms with van der Waals surface area (Å²) in [6.07, 6.45) is -3.47. The summed E-state index contributed by atoms with van der Waals surface area (Å²) >= 11 is 0. The fraction of sp³-hybridized carbons (Fsp3) is 0.438. The van der Waals surface area contributed by atoms with E-state index in [4.69, 9.17) is 4.74 Å². The maximum atomic E-state index is 12.4. The highest BCUT2D eigenvalue weighted by atomic mass is 19.4. The molecule has 6 nitrogen and oxygen atoms in total. The molecule has 1 spiro atoms. The van der Waals surface area contributed by atoms with Gasteiger partial charge in [0, 0.05) is 18.5 Å². The number of nitrogens with one attached hydrogen (secondary N) is 1. The zero-order valence-corrected chi connectivity index (χ0v) is 13.0. The van der Waals surface area contributed by atoms with Crippen molar-refractivity contribution in [1.29, 1.82) is 0 Å². The van der Waals surface area contributed by atoms with Gasteiger partial charge in [0.05, 0.1) is 10.9 Å². The van der Waals surface area contributed by atoms with Crippen molar-refractivity contribution in [2.45, 2.75) is 25.1 Å². The summed E-state index contributed by atoms with van der Waals surface area (Å²) < 4.78 is 47.3. The number of esters is 1. The molecule has 1 aromatic heterocycles. The van der Waals surface area contributed by atoms with Gasteiger partial charge in [-0.2, -0.15) is 23.1 Å². The van der Waals surface area contributed by atoms with Crippen molar-refractivity contribution >= 4 is 16.9 Å². The average molecular weight is 353 g/mol. The molecule has 1 aliphatic carbocycles. The Morgan fingerprint density at radius 1 is 1.20 bits per heavy atom. The van der Waals surface area contributed by atoms with Crippen LogP contribution in [0.4, 0.5) is 13.2 Å². The highest BCUT2D eigenvalue weighted by molar-refractivity contribution is 5.84. The Bertz CT molecular complexity index is 828. The van der Waals surface area contributed by atoms with Gasteiger partial charge >= 0.3 is 18.2 Å². The van der Waals surface area contributed by atoms with E-state index >= 15 is 0 Å². The summed E-state index contributed by atoms with van der Waals surface area (Å²) in [6, 6.07) is 6.05. The molecule has 0 radical (unpaired) electrons. The van der Waals surface area contributed by atoms with Crippen LogP contribution in [0.3, 0.4) is 0 Å². The number of carbonyl (C=O) groups is 1. The van der Waals surface area contributed by atoms with Crippen LogP contribution >= 0.6 is 0 Å². The van der Waals surface area contributed by atoms with Crippen molar-refractivity contribution < 1.29 is 27.4 Å². The summed E-state index contributed by atoms with van der Waals surface area (Å²) in [4.78, 5) is 18.8. The van der Waals surface area contributed by atoms with Crippen molar-refractivity contribution in [3.8, 4) is 11.9 Å². The Morgan fingerprint density at radius 3 is 2.56 bits per heavy atom. The molecule has 0 amide bonds. The second-order valence-electron chi connectivity index (χ2n) is 6.47. The first-order valence-corrected chi connectivity index (χ1v) is 7.78. The Labute approximate surface area is 140 Å². The van der Waals surface area contributed by atoms with Crippen LogP contribution in [0.25, 0.3) is 10.9 Å². The molecule has 9 heteroatoms. The van der Waals surface area contributed by atoms with Crippen LogP contribution in [-0.4, -0.2) is 41.3 Å². The van der Waals surface area contributed by atoms with Gasteiger partial charge in [0.25, 0.3) is 0 Å². The van der Waals surface area contributed by atoms with E-state index in [2.05, 4.69) is 20.0 Å². The Morgan fingerprint density at radius 2 is 1.92 bits per heavy atom. The van der Waals surface area contributed by atoms with Gasteiger partial charge in [0.2, 0.25) is 5.88 Å². The minimum absolute atomic E-state index is 0.0634. The quantitative estimate of drug-likeness (QED) is 0.853. The second-order valence-corrected chi connectivity index (χ2v) is 6.47. The third-order valence-electron chi connectivity index (χ3n) is 4.56. The molecule has 4 rings (SSSR count). The molecule has 0 bridgehead atoms. The van der Waals surface area contributed by atoms with Crippen molar-refractivity contribution in [2.75, 3.05) is 13.1 Å². The third kappa shape index (κ3) is 2.99. The normalized spacial score (nSPS) is 19.3. The molecular weight excluding hydrogens is 339 g/mol. The molecule has 1 saturated heterocycles. The third-order valence-corrected chi connectivity index (χ3v) is 4.56. The van der Waals surface area contributed by atoms with Crippen LogP contribution in [0.2, 0.25) is 0 Å². The fourth-order valence-electron chi connectivity index (χ4n) is 3.22. The number of para-hydroxylation sites is 1. The molecule has 0 unspecified atom stereocenters. The van der Waals surface area contributed by atoms with Crippen LogP contribution in [-0.2, 0) is 4.79 Å². The fourth-order valence-corrected chi connectivity index (χ4v) is 3.22. The van der Waals surface area contributed by atoms with Crippen LogP contribution in [0.1, 0.15) is 12.8 Å². The molecule has 1 aliphatic heterocycles. The Balaban J connectivity index is 1.59. The molecule has 2 heterocycles. The maximum absolute atomic E-state index is 12.4. The molecule has 2 aromatic rings. The SMILES string of the molecule is O=C(Oc1nc(OC2CC3(CNC3)C2)c2ccccc2n1)C(F)(F)F. The number of fused-ring (bicyclic) bond motifs is 1. The first kappa shape index (κ1) is 16.1. The lowest BCUT2D eigenvalue weighted by Gasteiger charge is -2.53. The van der Waals surface area contributed by atoms with E-state index in [0.29, 0.717) is 10.9 Å². The lowest BCUT2D eigenvalue weighted by molar-refractivity contribution is -0.190. The minimum Gasteiger partial charge on any atom is -0.474 e. The van der Waals surface area contributed by atoms with Crippen molar-refractivity contribution in [1.82, 2.24) is 15.3 Å². The average Bonchev–Trinajstić information content (AvgIpc) is 2.47. The zero-order chi connectivity index (χ0) is 17.7.